The van der Waals surface area contributed by atoms with Crippen LogP contribution in [-0.2, 0) is 27.9 Å². The van der Waals surface area contributed by atoms with Gasteiger partial charge in [-0.2, -0.15) is 0 Å². The number of rotatable bonds is 47. The van der Waals surface area contributed by atoms with E-state index in [1.165, 1.54) is 193 Å². The van der Waals surface area contributed by atoms with Gasteiger partial charge in [0.1, 0.15) is 42.7 Å². The lowest BCUT2D eigenvalue weighted by atomic mass is 9.85. The van der Waals surface area contributed by atoms with Gasteiger partial charge in [-0.05, 0) is 12.8 Å². The predicted molar refractivity (Wildman–Crippen MR) is 258 cm³/mol. The molecule has 1 saturated carbocycles. The third kappa shape index (κ3) is 33.8. The SMILES string of the molecule is CCCCCCCCCCCCCCCCCCCCCC(=O)O[C@H](COCCCCCCCCCCCCCCCCCCCC)COP(=O)(O)OC1C(O)C(O)C(O)[C@@H](O)C1O. The summed E-state index contributed by atoms with van der Waals surface area (Å²) < 4.78 is 34.3. The summed E-state index contributed by atoms with van der Waals surface area (Å²) in [5.41, 5.74) is 0. The van der Waals surface area contributed by atoms with E-state index in [1.54, 1.807) is 0 Å². The van der Waals surface area contributed by atoms with Gasteiger partial charge in [0, 0.05) is 13.0 Å². The molecule has 382 valence electrons. The van der Waals surface area contributed by atoms with E-state index < -0.39 is 63.1 Å². The fourth-order valence-electron chi connectivity index (χ4n) is 8.71. The van der Waals surface area contributed by atoms with Crippen LogP contribution in [0.5, 0.6) is 0 Å². The molecular formula is C51H101O12P. The smallest absolute Gasteiger partial charge is 0.457 e. The molecule has 6 unspecified atom stereocenters. The van der Waals surface area contributed by atoms with Gasteiger partial charge in [0.05, 0.1) is 13.2 Å². The van der Waals surface area contributed by atoms with Crippen LogP contribution in [0.2, 0.25) is 0 Å². The van der Waals surface area contributed by atoms with Crippen molar-refractivity contribution in [2.75, 3.05) is 19.8 Å². The van der Waals surface area contributed by atoms with Crippen LogP contribution in [0.15, 0.2) is 0 Å². The number of ether oxygens (including phenoxy) is 2. The van der Waals surface area contributed by atoms with Crippen molar-refractivity contribution in [1.82, 2.24) is 0 Å². The molecule has 12 nitrogen and oxygen atoms in total. The number of aliphatic hydroxyl groups is 5. The van der Waals surface area contributed by atoms with Crippen molar-refractivity contribution >= 4 is 13.8 Å². The molecule has 0 bridgehead atoms. The number of esters is 1. The highest BCUT2D eigenvalue weighted by Gasteiger charge is 2.51. The summed E-state index contributed by atoms with van der Waals surface area (Å²) in [6, 6.07) is 0. The standard InChI is InChI=1S/C51H101O12P/c1-3-5-7-9-11-13-15-17-19-21-23-24-26-28-30-32-34-36-38-40-45(52)62-44(43-61-64(58,59)63-51-49(56)47(54)46(53)48(55)50(51)57)42-60-41-39-37-35-33-31-29-27-25-22-20-18-16-14-12-10-8-6-4-2/h44,46-51,53-57H,3-43H2,1-2H3,(H,58,59)/t44-,46?,47-,48?,49?,50?,51?/m1/s1. The molecule has 0 aliphatic heterocycles. The summed E-state index contributed by atoms with van der Waals surface area (Å²) in [6.07, 6.45) is 34.5. The molecule has 0 heterocycles. The van der Waals surface area contributed by atoms with E-state index in [-0.39, 0.29) is 13.0 Å². The molecule has 1 rings (SSSR count). The minimum atomic E-state index is -5.01. The van der Waals surface area contributed by atoms with Crippen LogP contribution in [0, 0.1) is 0 Å². The maximum Gasteiger partial charge on any atom is 0.472 e. The van der Waals surface area contributed by atoms with Gasteiger partial charge in [0.2, 0.25) is 0 Å². The van der Waals surface area contributed by atoms with E-state index in [9.17, 15) is 39.8 Å². The minimum absolute atomic E-state index is 0.0673. The lowest BCUT2D eigenvalue weighted by Crippen LogP contribution is -2.64. The Balaban J connectivity index is 2.30. The van der Waals surface area contributed by atoms with Crippen molar-refractivity contribution in [3.05, 3.63) is 0 Å². The van der Waals surface area contributed by atoms with Gasteiger partial charge in [0.15, 0.2) is 0 Å². The van der Waals surface area contributed by atoms with Gasteiger partial charge in [0.25, 0.3) is 0 Å². The average Bonchev–Trinajstić information content (AvgIpc) is 3.28. The zero-order valence-corrected chi connectivity index (χ0v) is 42.0. The highest BCUT2D eigenvalue weighted by Crippen LogP contribution is 2.47. The van der Waals surface area contributed by atoms with E-state index in [2.05, 4.69) is 13.8 Å². The monoisotopic (exact) mass is 937 g/mol. The van der Waals surface area contributed by atoms with Crippen molar-refractivity contribution < 1.29 is 58.3 Å². The van der Waals surface area contributed by atoms with Crippen molar-refractivity contribution in [2.45, 2.75) is 301 Å². The molecule has 0 aromatic rings. The Bertz CT molecular complexity index is 1070. The topological polar surface area (TPSA) is 192 Å². The second-order valence-electron chi connectivity index (χ2n) is 19.1. The van der Waals surface area contributed by atoms with Gasteiger partial charge >= 0.3 is 13.8 Å². The van der Waals surface area contributed by atoms with E-state index in [0.29, 0.717) is 13.0 Å². The molecule has 0 aromatic heterocycles. The Hall–Kier alpha value is -0.660. The number of hydrogen-bond acceptors (Lipinski definition) is 11. The lowest BCUT2D eigenvalue weighted by Gasteiger charge is -2.41. The van der Waals surface area contributed by atoms with Gasteiger partial charge in [-0.1, -0.05) is 239 Å². The Kier molecular flexibility index (Phi) is 40.7. The van der Waals surface area contributed by atoms with Crippen molar-refractivity contribution in [3.8, 4) is 0 Å². The van der Waals surface area contributed by atoms with Crippen molar-refractivity contribution in [3.63, 3.8) is 0 Å². The fourth-order valence-corrected chi connectivity index (χ4v) is 9.68. The van der Waals surface area contributed by atoms with Gasteiger partial charge in [-0.25, -0.2) is 4.57 Å². The summed E-state index contributed by atoms with van der Waals surface area (Å²) in [4.78, 5) is 23.3. The third-order valence-corrected chi connectivity index (χ3v) is 14.0. The van der Waals surface area contributed by atoms with Crippen LogP contribution in [0.1, 0.15) is 258 Å². The maximum atomic E-state index is 12.9. The van der Waals surface area contributed by atoms with Crippen LogP contribution >= 0.6 is 7.82 Å². The molecular weight excluding hydrogens is 836 g/mol. The Labute approximate surface area is 391 Å². The number of phosphoric ester groups is 1. The number of aliphatic hydroxyl groups excluding tert-OH is 5. The summed E-state index contributed by atoms with van der Waals surface area (Å²) in [5, 5.41) is 50.3. The normalized spacial score (nSPS) is 21.6. The highest BCUT2D eigenvalue weighted by atomic mass is 31.2. The fraction of sp³-hybridized carbons (Fsp3) is 0.980. The molecule has 0 amide bonds. The first-order valence-corrected chi connectivity index (χ1v) is 28.4. The van der Waals surface area contributed by atoms with E-state index in [4.69, 9.17) is 18.5 Å². The molecule has 6 N–H and O–H groups in total. The number of unbranched alkanes of at least 4 members (excludes halogenated alkanes) is 35. The van der Waals surface area contributed by atoms with Crippen LogP contribution in [0.3, 0.4) is 0 Å². The molecule has 0 aromatic carbocycles. The molecule has 64 heavy (non-hydrogen) atoms. The Morgan fingerprint density at radius 2 is 0.734 bits per heavy atom. The second kappa shape index (κ2) is 42.4. The summed E-state index contributed by atoms with van der Waals surface area (Å²) >= 11 is 0. The molecule has 1 aliphatic rings. The molecule has 1 aliphatic carbocycles. The van der Waals surface area contributed by atoms with Crippen molar-refractivity contribution in [2.24, 2.45) is 0 Å². The van der Waals surface area contributed by atoms with Crippen LogP contribution in [-0.4, -0.2) is 98.9 Å². The second-order valence-corrected chi connectivity index (χ2v) is 20.5. The first kappa shape index (κ1) is 61.4. The number of hydrogen-bond donors (Lipinski definition) is 6. The molecule has 13 heteroatoms. The number of carbonyl (C=O) groups is 1. The Morgan fingerprint density at radius 3 is 1.08 bits per heavy atom. The molecule has 0 spiro atoms. The van der Waals surface area contributed by atoms with E-state index in [0.717, 1.165) is 38.5 Å². The summed E-state index contributed by atoms with van der Waals surface area (Å²) in [6.45, 7) is 4.33. The first-order valence-electron chi connectivity index (χ1n) is 26.9. The first-order chi connectivity index (χ1) is 31.0. The number of carbonyl (C=O) groups excluding carboxylic acids is 1. The minimum Gasteiger partial charge on any atom is -0.457 e. The highest BCUT2D eigenvalue weighted by molar-refractivity contribution is 7.47. The van der Waals surface area contributed by atoms with Gasteiger partial charge in [-0.15, -0.1) is 0 Å². The lowest BCUT2D eigenvalue weighted by molar-refractivity contribution is -0.220. The molecule has 8 atom stereocenters. The summed E-state index contributed by atoms with van der Waals surface area (Å²) in [5.74, 6) is -0.468. The van der Waals surface area contributed by atoms with Crippen LogP contribution in [0.25, 0.3) is 0 Å². The number of phosphoric acid groups is 1. The van der Waals surface area contributed by atoms with Crippen LogP contribution in [0.4, 0.5) is 0 Å². The third-order valence-electron chi connectivity index (χ3n) is 13.0. The average molecular weight is 937 g/mol. The van der Waals surface area contributed by atoms with Gasteiger partial charge in [-0.3, -0.25) is 13.8 Å². The molecule has 1 fully saturated rings. The van der Waals surface area contributed by atoms with Gasteiger partial charge < -0.3 is 39.9 Å². The van der Waals surface area contributed by atoms with Crippen molar-refractivity contribution in [1.29, 1.82) is 0 Å². The molecule has 0 saturated heterocycles. The molecule has 0 radical (unpaired) electrons. The predicted octanol–water partition coefficient (Wildman–Crippen LogP) is 12.1. The van der Waals surface area contributed by atoms with E-state index in [1.807, 2.05) is 0 Å². The zero-order chi connectivity index (χ0) is 46.9. The Morgan fingerprint density at radius 1 is 0.438 bits per heavy atom. The maximum absolute atomic E-state index is 12.9. The summed E-state index contributed by atoms with van der Waals surface area (Å²) in [7, 11) is -5.01. The van der Waals surface area contributed by atoms with Crippen LogP contribution < -0.4 is 0 Å². The zero-order valence-electron chi connectivity index (χ0n) is 41.1. The largest absolute Gasteiger partial charge is 0.472 e. The quantitative estimate of drug-likeness (QED) is 0.0192. The van der Waals surface area contributed by atoms with E-state index >= 15 is 0 Å².